The van der Waals surface area contributed by atoms with Gasteiger partial charge in [0.1, 0.15) is 5.78 Å². The number of hydrogen-bond donors (Lipinski definition) is 1. The maximum atomic E-state index is 11.9. The first-order valence-corrected chi connectivity index (χ1v) is 5.68. The van der Waals surface area contributed by atoms with Crippen molar-refractivity contribution < 1.29 is 19.5 Å². The molecule has 100 valence electrons. The largest absolute Gasteiger partial charge is 0.478 e. The van der Waals surface area contributed by atoms with Gasteiger partial charge in [-0.15, -0.1) is 6.58 Å². The van der Waals surface area contributed by atoms with E-state index >= 15 is 0 Å². The predicted molar refractivity (Wildman–Crippen MR) is 71.2 cm³/mol. The van der Waals surface area contributed by atoms with E-state index in [9.17, 15) is 14.4 Å². The van der Waals surface area contributed by atoms with Crippen molar-refractivity contribution in [3.05, 3.63) is 42.5 Å². The lowest BCUT2D eigenvalue weighted by Crippen LogP contribution is -2.29. The van der Waals surface area contributed by atoms with Gasteiger partial charge in [-0.1, -0.05) is 18.2 Å². The van der Waals surface area contributed by atoms with E-state index in [1.165, 1.54) is 30.2 Å². The number of allylic oxidation sites excluding steroid dienone is 1. The normalized spacial score (nSPS) is 9.74. The third-order valence-corrected chi connectivity index (χ3v) is 2.59. The molecule has 5 nitrogen and oxygen atoms in total. The number of ketones is 1. The molecule has 1 N–H and O–H groups in total. The Hall–Kier alpha value is -2.43. The maximum absolute atomic E-state index is 11.9. The van der Waals surface area contributed by atoms with Crippen LogP contribution in [0.4, 0.5) is 5.69 Å². The van der Waals surface area contributed by atoms with E-state index in [-0.39, 0.29) is 29.9 Å². The monoisotopic (exact) mass is 261 g/mol. The first-order valence-electron chi connectivity index (χ1n) is 5.68. The Bertz CT molecular complexity index is 522. The third kappa shape index (κ3) is 3.77. The Kier molecular flexibility index (Phi) is 5.00. The summed E-state index contributed by atoms with van der Waals surface area (Å²) in [4.78, 5) is 35.5. The second kappa shape index (κ2) is 6.49. The fraction of sp³-hybridized carbons (Fsp3) is 0.214. The second-order valence-corrected chi connectivity index (χ2v) is 3.98. The zero-order valence-corrected chi connectivity index (χ0v) is 10.6. The molecule has 0 aromatic heterocycles. The molecule has 1 aromatic carbocycles. The van der Waals surface area contributed by atoms with E-state index in [2.05, 4.69) is 6.58 Å². The molecule has 5 heteroatoms. The predicted octanol–water partition coefficient (Wildman–Crippen LogP) is 1.88. The Morgan fingerprint density at radius 1 is 1.32 bits per heavy atom. The first kappa shape index (κ1) is 14.6. The standard InChI is InChI=1S/C14H15NO4/c1-3-6-10(16)9-13(17)15(2)12-8-5-4-7-11(12)14(18)19/h3-5,7-8H,1,6,9H2,2H3,(H,18,19). The van der Waals surface area contributed by atoms with Gasteiger partial charge in [0, 0.05) is 13.5 Å². The molecule has 1 rings (SSSR count). The van der Waals surface area contributed by atoms with Crippen LogP contribution in [0.25, 0.3) is 0 Å². The van der Waals surface area contributed by atoms with Crippen LogP contribution < -0.4 is 4.90 Å². The lowest BCUT2D eigenvalue weighted by molar-refractivity contribution is -0.126. The summed E-state index contributed by atoms with van der Waals surface area (Å²) < 4.78 is 0. The molecular formula is C14H15NO4. The molecule has 0 aliphatic rings. The van der Waals surface area contributed by atoms with Crippen molar-refractivity contribution in [2.75, 3.05) is 11.9 Å². The number of amides is 1. The van der Waals surface area contributed by atoms with Crippen LogP contribution in [0.3, 0.4) is 0 Å². The highest BCUT2D eigenvalue weighted by atomic mass is 16.4. The minimum Gasteiger partial charge on any atom is -0.478 e. The minimum atomic E-state index is -1.12. The lowest BCUT2D eigenvalue weighted by Gasteiger charge is -2.18. The van der Waals surface area contributed by atoms with Gasteiger partial charge in [0.25, 0.3) is 0 Å². The zero-order chi connectivity index (χ0) is 14.4. The van der Waals surface area contributed by atoms with Crippen LogP contribution in [-0.4, -0.2) is 29.8 Å². The van der Waals surface area contributed by atoms with E-state index in [0.29, 0.717) is 0 Å². The summed E-state index contributed by atoms with van der Waals surface area (Å²) in [5, 5.41) is 9.04. The number of carboxylic acid groups (broad SMARTS) is 1. The van der Waals surface area contributed by atoms with Gasteiger partial charge in [-0.3, -0.25) is 9.59 Å². The summed E-state index contributed by atoms with van der Waals surface area (Å²) >= 11 is 0. The van der Waals surface area contributed by atoms with Crippen LogP contribution in [0.5, 0.6) is 0 Å². The number of para-hydroxylation sites is 1. The summed E-state index contributed by atoms with van der Waals surface area (Å²) in [6, 6.07) is 6.15. The number of anilines is 1. The van der Waals surface area contributed by atoms with Crippen molar-refractivity contribution in [3.8, 4) is 0 Å². The number of Topliss-reactive ketones (excluding diaryl/α,β-unsaturated/α-hetero) is 1. The number of nitrogens with zero attached hydrogens (tertiary/aromatic N) is 1. The number of carbonyl (C=O) groups excluding carboxylic acids is 2. The third-order valence-electron chi connectivity index (χ3n) is 2.59. The van der Waals surface area contributed by atoms with Crippen molar-refractivity contribution in [1.29, 1.82) is 0 Å². The highest BCUT2D eigenvalue weighted by molar-refractivity contribution is 6.08. The summed E-state index contributed by atoms with van der Waals surface area (Å²) in [7, 11) is 1.45. The van der Waals surface area contributed by atoms with Gasteiger partial charge >= 0.3 is 5.97 Å². The van der Waals surface area contributed by atoms with E-state index in [1.54, 1.807) is 12.1 Å². The molecule has 0 saturated carbocycles. The van der Waals surface area contributed by atoms with Crippen LogP contribution in [0.2, 0.25) is 0 Å². The average Bonchev–Trinajstić information content (AvgIpc) is 2.37. The molecule has 0 aliphatic heterocycles. The highest BCUT2D eigenvalue weighted by Crippen LogP contribution is 2.19. The Labute approximate surface area is 111 Å². The molecule has 0 fully saturated rings. The van der Waals surface area contributed by atoms with Gasteiger partial charge in [0.2, 0.25) is 5.91 Å². The Morgan fingerprint density at radius 3 is 2.53 bits per heavy atom. The van der Waals surface area contributed by atoms with Gasteiger partial charge < -0.3 is 10.0 Å². The summed E-state index contributed by atoms with van der Waals surface area (Å²) in [5.41, 5.74) is 0.293. The van der Waals surface area contributed by atoms with Crippen molar-refractivity contribution in [1.82, 2.24) is 0 Å². The molecule has 0 atom stereocenters. The topological polar surface area (TPSA) is 74.7 Å². The molecule has 0 radical (unpaired) electrons. The molecule has 0 spiro atoms. The minimum absolute atomic E-state index is 0.0227. The summed E-state index contributed by atoms with van der Waals surface area (Å²) in [6.07, 6.45) is 1.29. The quantitative estimate of drug-likeness (QED) is 0.626. The van der Waals surface area contributed by atoms with Crippen LogP contribution in [-0.2, 0) is 9.59 Å². The molecule has 0 bridgehead atoms. The van der Waals surface area contributed by atoms with Crippen LogP contribution in [0, 0.1) is 0 Å². The van der Waals surface area contributed by atoms with Crippen molar-refractivity contribution in [3.63, 3.8) is 0 Å². The number of carbonyl (C=O) groups is 3. The lowest BCUT2D eigenvalue weighted by atomic mass is 10.1. The summed E-state index contributed by atoms with van der Waals surface area (Å²) in [5.74, 6) is -1.81. The van der Waals surface area contributed by atoms with Gasteiger partial charge in [-0.2, -0.15) is 0 Å². The molecule has 1 aromatic rings. The smallest absolute Gasteiger partial charge is 0.337 e. The van der Waals surface area contributed by atoms with Crippen molar-refractivity contribution in [2.45, 2.75) is 12.8 Å². The zero-order valence-electron chi connectivity index (χ0n) is 10.6. The number of rotatable bonds is 6. The van der Waals surface area contributed by atoms with E-state index in [1.807, 2.05) is 0 Å². The average molecular weight is 261 g/mol. The van der Waals surface area contributed by atoms with Gasteiger partial charge in [-0.25, -0.2) is 4.79 Å². The molecule has 0 unspecified atom stereocenters. The second-order valence-electron chi connectivity index (χ2n) is 3.98. The van der Waals surface area contributed by atoms with Crippen LogP contribution >= 0.6 is 0 Å². The molecule has 0 heterocycles. The van der Waals surface area contributed by atoms with E-state index < -0.39 is 11.9 Å². The summed E-state index contributed by atoms with van der Waals surface area (Å²) in [6.45, 7) is 3.42. The fourth-order valence-electron chi connectivity index (χ4n) is 1.60. The van der Waals surface area contributed by atoms with Gasteiger partial charge in [0.05, 0.1) is 17.7 Å². The van der Waals surface area contributed by atoms with E-state index in [0.717, 1.165) is 0 Å². The number of carboxylic acids is 1. The fourth-order valence-corrected chi connectivity index (χ4v) is 1.60. The van der Waals surface area contributed by atoms with E-state index in [4.69, 9.17) is 5.11 Å². The number of hydrogen-bond acceptors (Lipinski definition) is 3. The Balaban J connectivity index is 2.91. The van der Waals surface area contributed by atoms with Crippen LogP contribution in [0.1, 0.15) is 23.2 Å². The van der Waals surface area contributed by atoms with Crippen molar-refractivity contribution >= 4 is 23.3 Å². The molecule has 1 amide bonds. The van der Waals surface area contributed by atoms with Crippen molar-refractivity contribution in [2.24, 2.45) is 0 Å². The number of benzene rings is 1. The Morgan fingerprint density at radius 2 is 1.95 bits per heavy atom. The van der Waals surface area contributed by atoms with Crippen LogP contribution in [0.15, 0.2) is 36.9 Å². The molecule has 0 aliphatic carbocycles. The van der Waals surface area contributed by atoms with Gasteiger partial charge in [0.15, 0.2) is 0 Å². The SMILES string of the molecule is C=CCC(=O)CC(=O)N(C)c1ccccc1C(=O)O. The molecular weight excluding hydrogens is 246 g/mol. The first-order chi connectivity index (χ1) is 8.97. The molecule has 0 saturated heterocycles. The van der Waals surface area contributed by atoms with Gasteiger partial charge in [-0.05, 0) is 12.1 Å². The maximum Gasteiger partial charge on any atom is 0.337 e. The molecule has 19 heavy (non-hydrogen) atoms. The highest BCUT2D eigenvalue weighted by Gasteiger charge is 2.19. The number of aromatic carboxylic acids is 1.